The summed E-state index contributed by atoms with van der Waals surface area (Å²) in [6, 6.07) is 11.9. The van der Waals surface area contributed by atoms with E-state index >= 15 is 0 Å². The molecule has 0 unspecified atom stereocenters. The van der Waals surface area contributed by atoms with Crippen molar-refractivity contribution < 1.29 is 8.42 Å². The lowest BCUT2D eigenvalue weighted by molar-refractivity contribution is 0.580. The van der Waals surface area contributed by atoms with Crippen LogP contribution in [0.25, 0.3) is 0 Å². The molecule has 0 amide bonds. The van der Waals surface area contributed by atoms with E-state index in [0.717, 1.165) is 5.69 Å². The maximum atomic E-state index is 12.2. The summed E-state index contributed by atoms with van der Waals surface area (Å²) >= 11 is 0. The maximum Gasteiger partial charge on any atom is 0.243 e. The zero-order valence-electron chi connectivity index (χ0n) is 11.0. The van der Waals surface area contributed by atoms with Gasteiger partial charge >= 0.3 is 0 Å². The first-order valence-electron chi connectivity index (χ1n) is 6.01. The minimum absolute atomic E-state index is 0.107. The van der Waals surface area contributed by atoms with E-state index in [1.54, 1.807) is 24.3 Å². The number of sulfonamides is 1. The fourth-order valence-corrected chi connectivity index (χ4v) is 2.93. The highest BCUT2D eigenvalue weighted by Crippen LogP contribution is 2.19. The second-order valence-electron chi connectivity index (χ2n) is 4.24. The van der Waals surface area contributed by atoms with Gasteiger partial charge in [-0.25, -0.2) is 13.1 Å². The molecule has 0 aliphatic carbocycles. The molecule has 106 valence electrons. The van der Waals surface area contributed by atoms with Crippen molar-refractivity contribution in [2.75, 3.05) is 5.43 Å². The normalized spacial score (nSPS) is 11.3. The van der Waals surface area contributed by atoms with Gasteiger partial charge in [0.2, 0.25) is 10.0 Å². The molecule has 2 rings (SSSR count). The zero-order chi connectivity index (χ0) is 14.6. The van der Waals surface area contributed by atoms with Gasteiger partial charge in [0.1, 0.15) is 4.90 Å². The molecular formula is C13H16N4O2S. The highest BCUT2D eigenvalue weighted by molar-refractivity contribution is 7.89. The lowest BCUT2D eigenvalue weighted by Crippen LogP contribution is -2.25. The molecule has 2 aromatic rings. The number of nitrogen functional groups attached to an aromatic ring is 1. The second kappa shape index (κ2) is 6.00. The Morgan fingerprint density at radius 2 is 1.90 bits per heavy atom. The number of aromatic nitrogens is 1. The predicted molar refractivity (Wildman–Crippen MR) is 77.3 cm³/mol. The van der Waals surface area contributed by atoms with E-state index in [4.69, 9.17) is 5.84 Å². The van der Waals surface area contributed by atoms with Crippen LogP contribution in [-0.2, 0) is 16.6 Å². The Hall–Kier alpha value is -1.96. The van der Waals surface area contributed by atoms with Crippen LogP contribution < -0.4 is 16.0 Å². The Kier molecular flexibility index (Phi) is 4.33. The molecule has 7 heteroatoms. The summed E-state index contributed by atoms with van der Waals surface area (Å²) in [6.45, 7) is 1.98. The van der Waals surface area contributed by atoms with E-state index in [1.807, 2.05) is 19.1 Å². The third kappa shape index (κ3) is 3.32. The van der Waals surface area contributed by atoms with Crippen LogP contribution >= 0.6 is 0 Å². The van der Waals surface area contributed by atoms with Crippen molar-refractivity contribution in [3.8, 4) is 0 Å². The summed E-state index contributed by atoms with van der Waals surface area (Å²) in [5.74, 6) is 5.32. The molecule has 20 heavy (non-hydrogen) atoms. The Labute approximate surface area is 118 Å². The van der Waals surface area contributed by atoms with Gasteiger partial charge in [-0.3, -0.25) is 10.8 Å². The lowest BCUT2D eigenvalue weighted by atomic mass is 10.3. The van der Waals surface area contributed by atoms with Crippen LogP contribution in [-0.4, -0.2) is 13.4 Å². The zero-order valence-corrected chi connectivity index (χ0v) is 11.8. The Balaban J connectivity index is 2.19. The molecule has 0 spiro atoms. The first kappa shape index (κ1) is 14.4. The quantitative estimate of drug-likeness (QED) is 0.567. The maximum absolute atomic E-state index is 12.2. The van der Waals surface area contributed by atoms with Gasteiger partial charge in [-0.15, -0.1) is 0 Å². The minimum atomic E-state index is -3.65. The second-order valence-corrected chi connectivity index (χ2v) is 5.97. The molecule has 1 heterocycles. The number of rotatable bonds is 5. The number of hydrazine groups is 1. The fourth-order valence-electron chi connectivity index (χ4n) is 1.76. The van der Waals surface area contributed by atoms with Crippen LogP contribution in [0.4, 0.5) is 5.69 Å². The van der Waals surface area contributed by atoms with E-state index < -0.39 is 10.0 Å². The van der Waals surface area contributed by atoms with Gasteiger partial charge < -0.3 is 5.43 Å². The van der Waals surface area contributed by atoms with E-state index in [0.29, 0.717) is 11.4 Å². The number of nitrogens with two attached hydrogens (primary N) is 1. The van der Waals surface area contributed by atoms with Gasteiger partial charge in [0.25, 0.3) is 0 Å². The first-order valence-corrected chi connectivity index (χ1v) is 7.49. The number of hydrogen-bond acceptors (Lipinski definition) is 5. The number of para-hydroxylation sites is 1. The number of hydrogen-bond donors (Lipinski definition) is 3. The van der Waals surface area contributed by atoms with Gasteiger partial charge in [0.05, 0.1) is 17.9 Å². The molecule has 6 nitrogen and oxygen atoms in total. The number of anilines is 1. The molecule has 0 saturated carbocycles. The molecule has 4 N–H and O–H groups in total. The topological polar surface area (TPSA) is 97.1 Å². The summed E-state index contributed by atoms with van der Waals surface area (Å²) < 4.78 is 27.0. The third-order valence-corrected chi connectivity index (χ3v) is 4.18. The first-order chi connectivity index (χ1) is 9.53. The smallest absolute Gasteiger partial charge is 0.243 e. The van der Waals surface area contributed by atoms with Crippen LogP contribution in [0.5, 0.6) is 0 Å². The van der Waals surface area contributed by atoms with Crippen LogP contribution in [0.15, 0.2) is 47.4 Å². The van der Waals surface area contributed by atoms with Gasteiger partial charge in [-0.05, 0) is 31.2 Å². The van der Waals surface area contributed by atoms with Crippen LogP contribution in [0.2, 0.25) is 0 Å². The Bertz CT molecular complexity index is 701. The lowest BCUT2D eigenvalue weighted by Gasteiger charge is -2.10. The Morgan fingerprint density at radius 1 is 1.15 bits per heavy atom. The van der Waals surface area contributed by atoms with Gasteiger partial charge in [-0.1, -0.05) is 18.2 Å². The van der Waals surface area contributed by atoms with Crippen molar-refractivity contribution in [2.45, 2.75) is 18.4 Å². The monoisotopic (exact) mass is 292 g/mol. The molecule has 0 aliphatic rings. The van der Waals surface area contributed by atoms with Crippen molar-refractivity contribution in [2.24, 2.45) is 5.84 Å². The molecule has 0 radical (unpaired) electrons. The Morgan fingerprint density at radius 3 is 2.60 bits per heavy atom. The highest BCUT2D eigenvalue weighted by atomic mass is 32.2. The predicted octanol–water partition coefficient (Wildman–Crippen LogP) is 1.15. The molecule has 0 atom stereocenters. The standard InChI is InChI=1S/C13H16N4O2S/c1-10-5-4-6-11(16-10)9-15-20(18,19)13-8-3-2-7-12(13)17-14/h2-8,15,17H,9,14H2,1H3. The number of pyridine rings is 1. The van der Waals surface area contributed by atoms with E-state index in [2.05, 4.69) is 15.1 Å². The van der Waals surface area contributed by atoms with Gasteiger partial charge in [0.15, 0.2) is 0 Å². The van der Waals surface area contributed by atoms with Crippen molar-refractivity contribution in [1.82, 2.24) is 9.71 Å². The molecule has 0 fully saturated rings. The van der Waals surface area contributed by atoms with Crippen LogP contribution in [0.1, 0.15) is 11.4 Å². The molecule has 1 aromatic carbocycles. The summed E-state index contributed by atoms with van der Waals surface area (Å²) in [4.78, 5) is 4.35. The summed E-state index contributed by atoms with van der Waals surface area (Å²) in [5.41, 5.74) is 4.22. The van der Waals surface area contributed by atoms with E-state index in [1.165, 1.54) is 6.07 Å². The van der Waals surface area contributed by atoms with Gasteiger partial charge in [0, 0.05) is 5.69 Å². The average Bonchev–Trinajstić information content (AvgIpc) is 2.45. The van der Waals surface area contributed by atoms with Gasteiger partial charge in [-0.2, -0.15) is 0 Å². The number of benzene rings is 1. The number of aryl methyl sites for hydroxylation is 1. The van der Waals surface area contributed by atoms with Crippen molar-refractivity contribution >= 4 is 15.7 Å². The molecule has 1 aromatic heterocycles. The summed E-state index contributed by atoms with van der Waals surface area (Å²) in [5, 5.41) is 0. The van der Waals surface area contributed by atoms with Crippen LogP contribution in [0, 0.1) is 6.92 Å². The fraction of sp³-hybridized carbons (Fsp3) is 0.154. The SMILES string of the molecule is Cc1cccc(CNS(=O)(=O)c2ccccc2NN)n1. The minimum Gasteiger partial charge on any atom is -0.323 e. The molecule has 0 bridgehead atoms. The van der Waals surface area contributed by atoms with Crippen molar-refractivity contribution in [3.63, 3.8) is 0 Å². The summed E-state index contributed by atoms with van der Waals surface area (Å²) in [7, 11) is -3.65. The molecule has 0 aliphatic heterocycles. The van der Waals surface area contributed by atoms with E-state index in [-0.39, 0.29) is 11.4 Å². The van der Waals surface area contributed by atoms with Crippen molar-refractivity contribution in [1.29, 1.82) is 0 Å². The summed E-state index contributed by atoms with van der Waals surface area (Å²) in [6.07, 6.45) is 0. The van der Waals surface area contributed by atoms with Crippen LogP contribution in [0.3, 0.4) is 0 Å². The molecular weight excluding hydrogens is 276 g/mol. The van der Waals surface area contributed by atoms with E-state index in [9.17, 15) is 8.42 Å². The average molecular weight is 292 g/mol. The van der Waals surface area contributed by atoms with Crippen molar-refractivity contribution in [3.05, 3.63) is 53.9 Å². The third-order valence-electron chi connectivity index (χ3n) is 2.72. The highest BCUT2D eigenvalue weighted by Gasteiger charge is 2.17. The largest absolute Gasteiger partial charge is 0.323 e. The number of nitrogens with one attached hydrogen (secondary N) is 2. The molecule has 0 saturated heterocycles. The number of nitrogens with zero attached hydrogens (tertiary/aromatic N) is 1.